The summed E-state index contributed by atoms with van der Waals surface area (Å²) in [6, 6.07) is 5.88. The molecule has 9 nitrogen and oxygen atoms in total. The first-order valence-electron chi connectivity index (χ1n) is 7.82. The molecular weight excluding hydrogens is 370 g/mol. The number of nitrogens with zero attached hydrogens (tertiary/aromatic N) is 5. The van der Waals surface area contributed by atoms with Crippen LogP contribution in [0.3, 0.4) is 0 Å². The molecule has 0 saturated carbocycles. The van der Waals surface area contributed by atoms with Crippen LogP contribution >= 0.6 is 11.3 Å². The van der Waals surface area contributed by atoms with Crippen molar-refractivity contribution in [3.05, 3.63) is 76.6 Å². The Morgan fingerprint density at radius 3 is 2.59 bits per heavy atom. The zero-order valence-corrected chi connectivity index (χ0v) is 15.0. The molecule has 0 aliphatic carbocycles. The average molecular weight is 381 g/mol. The van der Waals surface area contributed by atoms with Crippen LogP contribution in [-0.2, 0) is 0 Å². The molecule has 10 heteroatoms. The number of hydrogen-bond donors (Lipinski definition) is 0. The van der Waals surface area contributed by atoms with Crippen molar-refractivity contribution in [1.29, 1.82) is 0 Å². The molecule has 4 rings (SSSR count). The van der Waals surface area contributed by atoms with E-state index in [4.69, 9.17) is 0 Å². The Balaban J connectivity index is 2.02. The third-order valence-corrected chi connectivity index (χ3v) is 5.05. The van der Waals surface area contributed by atoms with Crippen molar-refractivity contribution in [3.8, 4) is 0 Å². The van der Waals surface area contributed by atoms with Gasteiger partial charge in [0.1, 0.15) is 0 Å². The maximum absolute atomic E-state index is 12.7. The van der Waals surface area contributed by atoms with Gasteiger partial charge in [-0.15, -0.1) is 0 Å². The van der Waals surface area contributed by atoms with Gasteiger partial charge in [0, 0.05) is 12.1 Å². The van der Waals surface area contributed by atoms with Crippen LogP contribution in [0.2, 0.25) is 0 Å². The molecule has 3 aromatic heterocycles. The van der Waals surface area contributed by atoms with Crippen molar-refractivity contribution in [1.82, 2.24) is 19.4 Å². The summed E-state index contributed by atoms with van der Waals surface area (Å²) in [4.78, 5) is 48.8. The summed E-state index contributed by atoms with van der Waals surface area (Å²) in [5.41, 5.74) is 0.740. The molecule has 0 N–H and O–H groups in total. The number of rotatable bonds is 2. The second-order valence-electron chi connectivity index (χ2n) is 5.87. The molecule has 0 spiro atoms. The SMILES string of the molecule is Cc1nc2nc3s/c(=C\c4cccc([N+](=O)[O-])c4)c(=O)n3c(=O)c2nc1C. The van der Waals surface area contributed by atoms with E-state index in [2.05, 4.69) is 15.0 Å². The molecular formula is C17H11N5O4S. The summed E-state index contributed by atoms with van der Waals surface area (Å²) in [5.74, 6) is 0. The molecule has 0 atom stereocenters. The first kappa shape index (κ1) is 16.9. The predicted molar refractivity (Wildman–Crippen MR) is 100 cm³/mol. The Kier molecular flexibility index (Phi) is 3.77. The number of thiazole rings is 1. The minimum atomic E-state index is -0.578. The van der Waals surface area contributed by atoms with Gasteiger partial charge in [-0.3, -0.25) is 19.7 Å². The van der Waals surface area contributed by atoms with Gasteiger partial charge in [-0.05, 0) is 25.5 Å². The highest BCUT2D eigenvalue weighted by atomic mass is 32.1. The largest absolute Gasteiger partial charge is 0.289 e. The second-order valence-corrected chi connectivity index (χ2v) is 6.88. The fraction of sp³-hybridized carbons (Fsp3) is 0.118. The molecule has 0 amide bonds. The Morgan fingerprint density at radius 1 is 1.11 bits per heavy atom. The summed E-state index contributed by atoms with van der Waals surface area (Å²) in [5, 5.41) is 10.9. The summed E-state index contributed by atoms with van der Waals surface area (Å²) in [6.07, 6.45) is 1.50. The summed E-state index contributed by atoms with van der Waals surface area (Å²) in [7, 11) is 0. The highest BCUT2D eigenvalue weighted by Crippen LogP contribution is 2.14. The van der Waals surface area contributed by atoms with Gasteiger partial charge in [0.15, 0.2) is 11.2 Å². The lowest BCUT2D eigenvalue weighted by atomic mass is 10.2. The molecule has 3 heterocycles. The molecule has 0 saturated heterocycles. The van der Waals surface area contributed by atoms with Crippen molar-refractivity contribution >= 4 is 39.2 Å². The number of aryl methyl sites for hydroxylation is 2. The number of non-ortho nitro benzene ring substituents is 1. The number of nitro groups is 1. The van der Waals surface area contributed by atoms with Gasteiger partial charge in [0.05, 0.1) is 20.8 Å². The molecule has 134 valence electrons. The fourth-order valence-electron chi connectivity index (χ4n) is 2.62. The Labute approximate surface area is 154 Å². The summed E-state index contributed by atoms with van der Waals surface area (Å²) >= 11 is 1.02. The van der Waals surface area contributed by atoms with E-state index < -0.39 is 16.0 Å². The number of hydrogen-bond acceptors (Lipinski definition) is 8. The molecule has 0 fully saturated rings. The van der Waals surface area contributed by atoms with Gasteiger partial charge >= 0.3 is 0 Å². The molecule has 0 unspecified atom stereocenters. The monoisotopic (exact) mass is 381 g/mol. The minimum Gasteiger partial charge on any atom is -0.267 e. The van der Waals surface area contributed by atoms with Gasteiger partial charge in [0.2, 0.25) is 4.96 Å². The lowest BCUT2D eigenvalue weighted by Crippen LogP contribution is -2.31. The van der Waals surface area contributed by atoms with Crippen LogP contribution in [0, 0.1) is 24.0 Å². The van der Waals surface area contributed by atoms with Crippen molar-refractivity contribution in [2.45, 2.75) is 13.8 Å². The second kappa shape index (κ2) is 6.02. The van der Waals surface area contributed by atoms with Crippen LogP contribution in [0.15, 0.2) is 33.9 Å². The van der Waals surface area contributed by atoms with Crippen LogP contribution in [0.5, 0.6) is 0 Å². The quantitative estimate of drug-likeness (QED) is 0.377. The highest BCUT2D eigenvalue weighted by molar-refractivity contribution is 7.15. The van der Waals surface area contributed by atoms with E-state index in [0.29, 0.717) is 17.0 Å². The van der Waals surface area contributed by atoms with E-state index >= 15 is 0 Å². The highest BCUT2D eigenvalue weighted by Gasteiger charge is 2.15. The summed E-state index contributed by atoms with van der Waals surface area (Å²) in [6.45, 7) is 3.49. The zero-order chi connectivity index (χ0) is 19.3. The predicted octanol–water partition coefficient (Wildman–Crippen LogP) is 1.13. The van der Waals surface area contributed by atoms with Crippen LogP contribution in [-0.4, -0.2) is 24.3 Å². The van der Waals surface area contributed by atoms with Gasteiger partial charge in [-0.1, -0.05) is 23.5 Å². The third-order valence-electron chi connectivity index (χ3n) is 4.08. The number of fused-ring (bicyclic) bond motifs is 2. The maximum atomic E-state index is 12.7. The molecule has 0 bridgehead atoms. The first-order chi connectivity index (χ1) is 12.8. The number of nitro benzene ring substituents is 1. The van der Waals surface area contributed by atoms with Gasteiger partial charge in [-0.25, -0.2) is 14.4 Å². The van der Waals surface area contributed by atoms with Crippen LogP contribution in [0.4, 0.5) is 5.69 Å². The molecule has 27 heavy (non-hydrogen) atoms. The van der Waals surface area contributed by atoms with Gasteiger partial charge in [0.25, 0.3) is 16.8 Å². The van der Waals surface area contributed by atoms with Crippen LogP contribution in [0.25, 0.3) is 22.2 Å². The Hall–Kier alpha value is -3.53. The lowest BCUT2D eigenvalue weighted by Gasteiger charge is -2.00. The van der Waals surface area contributed by atoms with E-state index in [1.165, 1.54) is 24.3 Å². The van der Waals surface area contributed by atoms with Gasteiger partial charge in [-0.2, -0.15) is 4.98 Å². The van der Waals surface area contributed by atoms with Crippen molar-refractivity contribution in [3.63, 3.8) is 0 Å². The molecule has 0 radical (unpaired) electrons. The van der Waals surface area contributed by atoms with Gasteiger partial charge < -0.3 is 0 Å². The van der Waals surface area contributed by atoms with E-state index in [1.807, 2.05) is 0 Å². The van der Waals surface area contributed by atoms with E-state index in [0.717, 1.165) is 15.7 Å². The molecule has 0 aliphatic rings. The smallest absolute Gasteiger partial charge is 0.267 e. The number of benzene rings is 1. The van der Waals surface area contributed by atoms with Crippen LogP contribution in [0.1, 0.15) is 17.0 Å². The fourth-order valence-corrected chi connectivity index (χ4v) is 3.58. The van der Waals surface area contributed by atoms with E-state index in [9.17, 15) is 19.7 Å². The summed E-state index contributed by atoms with van der Waals surface area (Å²) < 4.78 is 1.20. The van der Waals surface area contributed by atoms with Crippen molar-refractivity contribution in [2.75, 3.05) is 0 Å². The Bertz CT molecular complexity index is 1420. The molecule has 1 aromatic carbocycles. The third kappa shape index (κ3) is 2.75. The normalized spacial score (nSPS) is 12.1. The lowest BCUT2D eigenvalue weighted by molar-refractivity contribution is -0.384. The zero-order valence-electron chi connectivity index (χ0n) is 14.2. The Morgan fingerprint density at radius 2 is 1.85 bits per heavy atom. The van der Waals surface area contributed by atoms with Crippen molar-refractivity contribution in [2.24, 2.45) is 0 Å². The van der Waals surface area contributed by atoms with E-state index in [-0.39, 0.29) is 26.3 Å². The van der Waals surface area contributed by atoms with Crippen molar-refractivity contribution < 1.29 is 4.92 Å². The van der Waals surface area contributed by atoms with E-state index in [1.54, 1.807) is 19.9 Å². The average Bonchev–Trinajstić information content (AvgIpc) is 2.93. The topological polar surface area (TPSA) is 120 Å². The molecule has 4 aromatic rings. The molecule has 0 aliphatic heterocycles. The minimum absolute atomic E-state index is 0.0346. The number of aromatic nitrogens is 4. The maximum Gasteiger partial charge on any atom is 0.289 e. The first-order valence-corrected chi connectivity index (χ1v) is 8.63. The van der Waals surface area contributed by atoms with Crippen LogP contribution < -0.4 is 15.7 Å². The standard InChI is InChI=1S/C17H11N5O4S/c1-8-9(2)19-14-13(18-8)16(24)21-15(23)12(27-17(21)20-14)7-10-4-3-5-11(6-10)22(25)26/h3-7H,1-2H3/b12-7-.